The third-order valence-corrected chi connectivity index (χ3v) is 2.51. The molecular weight excluding hydrogens is 177 g/mol. The molecular formula is C12H12FN. The number of pyridine rings is 1. The zero-order valence-electron chi connectivity index (χ0n) is 8.34. The van der Waals surface area contributed by atoms with E-state index in [1.807, 2.05) is 19.1 Å². The summed E-state index contributed by atoms with van der Waals surface area (Å²) in [7, 11) is 0. The minimum atomic E-state index is -0.178. The van der Waals surface area contributed by atoms with Crippen molar-refractivity contribution in [3.63, 3.8) is 0 Å². The predicted molar refractivity (Wildman–Crippen MR) is 55.8 cm³/mol. The summed E-state index contributed by atoms with van der Waals surface area (Å²) in [5.41, 5.74) is 2.85. The summed E-state index contributed by atoms with van der Waals surface area (Å²) in [6.07, 6.45) is 2.61. The number of fused-ring (bicyclic) bond motifs is 1. The maximum atomic E-state index is 13.5. The molecule has 0 aliphatic carbocycles. The van der Waals surface area contributed by atoms with Crippen LogP contribution in [0, 0.1) is 12.7 Å². The smallest absolute Gasteiger partial charge is 0.132 e. The highest BCUT2D eigenvalue weighted by Crippen LogP contribution is 2.23. The molecule has 0 amide bonds. The van der Waals surface area contributed by atoms with Gasteiger partial charge in [0, 0.05) is 11.6 Å². The average molecular weight is 189 g/mol. The summed E-state index contributed by atoms with van der Waals surface area (Å²) < 4.78 is 13.5. The highest BCUT2D eigenvalue weighted by Gasteiger charge is 2.07. The molecule has 0 unspecified atom stereocenters. The molecule has 2 rings (SSSR count). The lowest BCUT2D eigenvalue weighted by Gasteiger charge is -2.06. The van der Waals surface area contributed by atoms with Gasteiger partial charge in [0.15, 0.2) is 0 Å². The summed E-state index contributed by atoms with van der Waals surface area (Å²) in [5, 5.41) is 0.659. The van der Waals surface area contributed by atoms with Crippen LogP contribution >= 0.6 is 0 Å². The van der Waals surface area contributed by atoms with E-state index >= 15 is 0 Å². The molecule has 1 nitrogen and oxygen atoms in total. The second-order valence-electron chi connectivity index (χ2n) is 3.41. The molecule has 0 bridgehead atoms. The Morgan fingerprint density at radius 1 is 1.29 bits per heavy atom. The van der Waals surface area contributed by atoms with Gasteiger partial charge < -0.3 is 0 Å². The molecule has 0 fully saturated rings. The maximum Gasteiger partial charge on any atom is 0.132 e. The van der Waals surface area contributed by atoms with Gasteiger partial charge in [-0.3, -0.25) is 4.98 Å². The first kappa shape index (κ1) is 9.13. The van der Waals surface area contributed by atoms with Gasteiger partial charge in [-0.05, 0) is 36.6 Å². The highest BCUT2D eigenvalue weighted by atomic mass is 19.1. The van der Waals surface area contributed by atoms with Crippen LogP contribution in [-0.4, -0.2) is 4.98 Å². The molecule has 0 aliphatic rings. The molecule has 2 heteroatoms. The number of nitrogens with zero attached hydrogens (tertiary/aromatic N) is 1. The summed E-state index contributed by atoms with van der Waals surface area (Å²) in [6, 6.07) is 5.17. The lowest BCUT2D eigenvalue weighted by atomic mass is 10.0. The van der Waals surface area contributed by atoms with Gasteiger partial charge in [-0.15, -0.1) is 0 Å². The summed E-state index contributed by atoms with van der Waals surface area (Å²) >= 11 is 0. The summed E-state index contributed by atoms with van der Waals surface area (Å²) in [5.74, 6) is -0.178. The van der Waals surface area contributed by atoms with Gasteiger partial charge in [0.05, 0.1) is 5.52 Å². The monoisotopic (exact) mass is 189 g/mol. The van der Waals surface area contributed by atoms with Gasteiger partial charge in [-0.25, -0.2) is 4.39 Å². The van der Waals surface area contributed by atoms with Crippen molar-refractivity contribution in [2.45, 2.75) is 20.3 Å². The first-order valence-electron chi connectivity index (χ1n) is 4.76. The van der Waals surface area contributed by atoms with E-state index in [9.17, 15) is 4.39 Å². The fourth-order valence-corrected chi connectivity index (χ4v) is 1.72. The van der Waals surface area contributed by atoms with Crippen molar-refractivity contribution < 1.29 is 4.39 Å². The average Bonchev–Trinajstić information content (AvgIpc) is 2.18. The molecule has 0 saturated carbocycles. The Hall–Kier alpha value is -1.44. The van der Waals surface area contributed by atoms with Crippen LogP contribution in [0.2, 0.25) is 0 Å². The zero-order valence-corrected chi connectivity index (χ0v) is 8.34. The van der Waals surface area contributed by atoms with E-state index in [4.69, 9.17) is 0 Å². The molecule has 0 N–H and O–H groups in total. The molecule has 0 radical (unpaired) electrons. The van der Waals surface area contributed by atoms with Gasteiger partial charge in [0.2, 0.25) is 0 Å². The Bertz CT molecular complexity index is 469. The first-order chi connectivity index (χ1) is 6.74. The van der Waals surface area contributed by atoms with Crippen LogP contribution in [0.1, 0.15) is 18.1 Å². The second kappa shape index (κ2) is 3.37. The number of halogens is 1. The van der Waals surface area contributed by atoms with E-state index < -0.39 is 0 Å². The molecule has 2 aromatic rings. The van der Waals surface area contributed by atoms with Gasteiger partial charge in [0.1, 0.15) is 5.82 Å². The number of hydrogen-bond acceptors (Lipinski definition) is 1. The Morgan fingerprint density at radius 3 is 2.79 bits per heavy atom. The van der Waals surface area contributed by atoms with Crippen LogP contribution in [0.5, 0.6) is 0 Å². The van der Waals surface area contributed by atoms with Gasteiger partial charge in [-0.1, -0.05) is 13.0 Å². The number of hydrogen-bond donors (Lipinski definition) is 0. The molecule has 0 atom stereocenters. The Labute approximate surface area is 82.6 Å². The first-order valence-corrected chi connectivity index (χ1v) is 4.76. The van der Waals surface area contributed by atoms with Gasteiger partial charge in [0.25, 0.3) is 0 Å². The number of aromatic nitrogens is 1. The number of benzene rings is 1. The van der Waals surface area contributed by atoms with Crippen LogP contribution in [0.4, 0.5) is 4.39 Å². The minimum absolute atomic E-state index is 0.178. The van der Waals surface area contributed by atoms with Crippen LogP contribution in [0.15, 0.2) is 24.4 Å². The van der Waals surface area contributed by atoms with Gasteiger partial charge >= 0.3 is 0 Å². The lowest BCUT2D eigenvalue weighted by Crippen LogP contribution is -1.92. The largest absolute Gasteiger partial charge is 0.256 e. The molecule has 1 aromatic heterocycles. The normalized spacial score (nSPS) is 10.8. The van der Waals surface area contributed by atoms with Crippen molar-refractivity contribution in [2.24, 2.45) is 0 Å². The zero-order chi connectivity index (χ0) is 10.1. The standard InChI is InChI=1S/C12H12FN/c1-3-9-4-5-10(13)11-8(2)6-7-14-12(9)11/h4-7H,3H2,1-2H3. The fraction of sp³-hybridized carbons (Fsp3) is 0.250. The number of aryl methyl sites for hydroxylation is 2. The molecule has 0 aliphatic heterocycles. The van der Waals surface area contributed by atoms with Crippen LogP contribution < -0.4 is 0 Å². The molecule has 0 saturated heterocycles. The Balaban J connectivity index is 2.91. The fourth-order valence-electron chi connectivity index (χ4n) is 1.72. The van der Waals surface area contributed by atoms with E-state index in [2.05, 4.69) is 11.9 Å². The third kappa shape index (κ3) is 1.27. The molecule has 0 spiro atoms. The molecule has 1 heterocycles. The Kier molecular flexibility index (Phi) is 2.20. The van der Waals surface area contributed by atoms with Crippen LogP contribution in [0.3, 0.4) is 0 Å². The lowest BCUT2D eigenvalue weighted by molar-refractivity contribution is 0.638. The van der Waals surface area contributed by atoms with Crippen LogP contribution in [0.25, 0.3) is 10.9 Å². The van der Waals surface area contributed by atoms with E-state index in [1.165, 1.54) is 6.07 Å². The highest BCUT2D eigenvalue weighted by molar-refractivity contribution is 5.85. The third-order valence-electron chi connectivity index (χ3n) is 2.51. The van der Waals surface area contributed by atoms with Gasteiger partial charge in [-0.2, -0.15) is 0 Å². The van der Waals surface area contributed by atoms with Crippen molar-refractivity contribution >= 4 is 10.9 Å². The maximum absolute atomic E-state index is 13.5. The Morgan fingerprint density at radius 2 is 2.07 bits per heavy atom. The van der Waals surface area contributed by atoms with E-state index in [0.29, 0.717) is 5.39 Å². The van der Waals surface area contributed by atoms with Crippen molar-refractivity contribution in [3.8, 4) is 0 Å². The topological polar surface area (TPSA) is 12.9 Å². The summed E-state index contributed by atoms with van der Waals surface area (Å²) in [4.78, 5) is 4.23. The minimum Gasteiger partial charge on any atom is -0.256 e. The molecule has 72 valence electrons. The number of rotatable bonds is 1. The van der Waals surface area contributed by atoms with E-state index in [1.54, 1.807) is 6.20 Å². The summed E-state index contributed by atoms with van der Waals surface area (Å²) in [6.45, 7) is 3.96. The predicted octanol–water partition coefficient (Wildman–Crippen LogP) is 3.24. The van der Waals surface area contributed by atoms with Crippen molar-refractivity contribution in [1.82, 2.24) is 4.98 Å². The van der Waals surface area contributed by atoms with E-state index in [-0.39, 0.29) is 5.82 Å². The quantitative estimate of drug-likeness (QED) is 0.671. The SMILES string of the molecule is CCc1ccc(F)c2c(C)ccnc12. The molecule has 1 aromatic carbocycles. The van der Waals surface area contributed by atoms with Crippen molar-refractivity contribution in [1.29, 1.82) is 0 Å². The molecule has 14 heavy (non-hydrogen) atoms. The van der Waals surface area contributed by atoms with Crippen molar-refractivity contribution in [2.75, 3.05) is 0 Å². The second-order valence-corrected chi connectivity index (χ2v) is 3.41. The van der Waals surface area contributed by atoms with E-state index in [0.717, 1.165) is 23.1 Å². The van der Waals surface area contributed by atoms with Crippen molar-refractivity contribution in [3.05, 3.63) is 41.3 Å². The van der Waals surface area contributed by atoms with Crippen LogP contribution in [-0.2, 0) is 6.42 Å².